The summed E-state index contributed by atoms with van der Waals surface area (Å²) in [4.78, 5) is 28.3. The Morgan fingerprint density at radius 1 is 0.703 bits per heavy atom. The number of aromatic nitrogens is 2. The van der Waals surface area contributed by atoms with Crippen LogP contribution in [0.2, 0.25) is 25.1 Å². The Bertz CT molecular complexity index is 2590. The fraction of sp³-hybridized carbons (Fsp3) is 0.306. The van der Waals surface area contributed by atoms with E-state index in [4.69, 9.17) is 86.4 Å². The third-order valence-corrected chi connectivity index (χ3v) is 13.7. The highest BCUT2D eigenvalue weighted by molar-refractivity contribution is 6.40. The maximum absolute atomic E-state index is 14.7. The molecule has 2 aliphatic heterocycles. The molecule has 3 fully saturated rings. The van der Waals surface area contributed by atoms with Crippen LogP contribution in [-0.2, 0) is 36.0 Å². The number of halogens is 5. The normalized spacial score (nSPS) is 20.9. The lowest BCUT2D eigenvalue weighted by atomic mass is 9.80. The van der Waals surface area contributed by atoms with E-state index < -0.39 is 60.0 Å². The molecule has 0 radical (unpaired) electrons. The Balaban J connectivity index is 1.08. The van der Waals surface area contributed by atoms with Crippen LogP contribution >= 0.6 is 58.0 Å². The Morgan fingerprint density at radius 3 is 1.75 bits per heavy atom. The summed E-state index contributed by atoms with van der Waals surface area (Å²) in [5.41, 5.74) is 0.894. The van der Waals surface area contributed by atoms with E-state index >= 15 is 0 Å². The molecule has 9 rings (SSSR count). The average Bonchev–Trinajstić information content (AvgIpc) is 3.81. The van der Waals surface area contributed by atoms with Gasteiger partial charge in [-0.3, -0.25) is 9.36 Å². The topological polar surface area (TPSA) is 99.4 Å². The highest BCUT2D eigenvalue weighted by Crippen LogP contribution is 2.50. The van der Waals surface area contributed by atoms with Gasteiger partial charge in [-0.15, -0.1) is 0 Å². The Morgan fingerprint density at radius 2 is 1.22 bits per heavy atom. The zero-order valence-electron chi connectivity index (χ0n) is 34.5. The molecule has 1 saturated carbocycles. The third-order valence-electron chi connectivity index (χ3n) is 12.2. The summed E-state index contributed by atoms with van der Waals surface area (Å²) in [6, 6.07) is 37.5. The number of fused-ring (bicyclic) bond motifs is 1. The Kier molecular flexibility index (Phi) is 13.3. The molecule has 0 bridgehead atoms. The molecule has 0 unspecified atom stereocenters. The zero-order chi connectivity index (χ0) is 44.6. The molecule has 15 heteroatoms. The first-order valence-corrected chi connectivity index (χ1v) is 22.8. The number of nitrogens with zero attached hydrogens (tertiary/aromatic N) is 2. The molecular weight excluding hydrogens is 922 g/mol. The van der Waals surface area contributed by atoms with Crippen molar-refractivity contribution in [1.29, 1.82) is 0 Å². The van der Waals surface area contributed by atoms with E-state index in [9.17, 15) is 9.59 Å². The molecule has 0 N–H and O–H groups in total. The lowest BCUT2D eigenvalue weighted by Crippen LogP contribution is -2.44. The van der Waals surface area contributed by atoms with E-state index in [0.29, 0.717) is 18.6 Å². The van der Waals surface area contributed by atoms with Crippen molar-refractivity contribution in [3.63, 3.8) is 0 Å². The molecule has 1 spiro atoms. The van der Waals surface area contributed by atoms with Crippen molar-refractivity contribution in [2.45, 2.75) is 80.9 Å². The van der Waals surface area contributed by atoms with E-state index in [1.807, 2.05) is 91.0 Å². The van der Waals surface area contributed by atoms with E-state index in [0.717, 1.165) is 40.5 Å². The molecule has 3 aliphatic rings. The van der Waals surface area contributed by atoms with Gasteiger partial charge in [-0.2, -0.15) is 0 Å². The molecule has 6 aromatic rings. The van der Waals surface area contributed by atoms with E-state index in [2.05, 4.69) is 0 Å². The predicted molar refractivity (Wildman–Crippen MR) is 247 cm³/mol. The summed E-state index contributed by atoms with van der Waals surface area (Å²) in [6.07, 6.45) is 1.48. The van der Waals surface area contributed by atoms with Crippen molar-refractivity contribution in [3.05, 3.63) is 201 Å². The summed E-state index contributed by atoms with van der Waals surface area (Å²) < 4.78 is 41.9. The zero-order valence-corrected chi connectivity index (χ0v) is 38.3. The largest absolute Gasteiger partial charge is 0.497 e. The number of benzene rings is 5. The molecule has 3 heterocycles. The molecule has 2 saturated heterocycles. The molecule has 332 valence electrons. The maximum atomic E-state index is 14.7. The van der Waals surface area contributed by atoms with Crippen LogP contribution in [0.1, 0.15) is 72.3 Å². The minimum absolute atomic E-state index is 0.0565. The predicted octanol–water partition coefficient (Wildman–Crippen LogP) is 11.4. The average molecular weight is 965 g/mol. The first kappa shape index (κ1) is 45.0. The second-order valence-corrected chi connectivity index (χ2v) is 18.1. The van der Waals surface area contributed by atoms with Crippen LogP contribution in [0.15, 0.2) is 137 Å². The summed E-state index contributed by atoms with van der Waals surface area (Å²) in [5, 5.41) is 0.905. The van der Waals surface area contributed by atoms with Crippen LogP contribution in [0.5, 0.6) is 5.75 Å². The third kappa shape index (κ3) is 8.55. The summed E-state index contributed by atoms with van der Waals surface area (Å²) in [7, 11) is 1.48. The molecule has 1 aromatic heterocycles. The summed E-state index contributed by atoms with van der Waals surface area (Å²) in [5.74, 6) is -0.461. The van der Waals surface area contributed by atoms with Crippen LogP contribution in [0, 0.1) is 0 Å². The van der Waals surface area contributed by atoms with Crippen LogP contribution in [-0.4, -0.2) is 46.9 Å². The van der Waals surface area contributed by atoms with Crippen molar-refractivity contribution in [3.8, 4) is 5.75 Å². The van der Waals surface area contributed by atoms with Gasteiger partial charge in [-0.25, -0.2) is 9.36 Å². The van der Waals surface area contributed by atoms with Gasteiger partial charge < -0.3 is 28.4 Å². The second-order valence-electron chi connectivity index (χ2n) is 16.0. The lowest BCUT2D eigenvalue weighted by molar-refractivity contribution is -0.236. The molecule has 5 aromatic carbocycles. The smallest absolute Gasteiger partial charge is 0.335 e. The van der Waals surface area contributed by atoms with Gasteiger partial charge in [-0.1, -0.05) is 155 Å². The van der Waals surface area contributed by atoms with Gasteiger partial charge in [0.1, 0.15) is 42.5 Å². The van der Waals surface area contributed by atoms with Gasteiger partial charge in [0.2, 0.25) is 0 Å². The molecule has 64 heavy (non-hydrogen) atoms. The number of hydrogen-bond acceptors (Lipinski definition) is 8. The minimum atomic E-state index is -1.17. The van der Waals surface area contributed by atoms with Gasteiger partial charge >= 0.3 is 5.69 Å². The SMILES string of the molecule is COc1cc(Cl)c([C@H](OCn2c(=O)ccn([C@@H]3O[C@H](COC(c4ccccc4)(c4ccccc4)c4ccccc4)[C@H]4OC5(CCCCC5)O[C@H]43)c2=O)c2c(Cl)cc(Cl)cc2Cl)c(Cl)c1. The van der Waals surface area contributed by atoms with Crippen molar-refractivity contribution in [2.24, 2.45) is 0 Å². The van der Waals surface area contributed by atoms with E-state index in [-0.39, 0.29) is 42.8 Å². The number of rotatable bonds is 13. The highest BCUT2D eigenvalue weighted by atomic mass is 35.5. The molecule has 5 atom stereocenters. The standard InChI is InChI=1S/C49H43Cl5N2O8/c1-59-34-26-37(53)42(38(54)27-34)44(41-35(51)24-33(50)25-36(41)52)60-29-56-40(57)20-23-55(47(56)58)46-45-43(63-48(64-45)21-12-5-13-22-48)39(62-46)28-61-49(30-14-6-2-7-15-30,31-16-8-3-9-17-31)32-18-10-4-11-19-32/h2-4,6-11,14-20,23-27,39,43-46H,5,12-13,21-22,28-29H2,1H3/t39-,43-,44-,45-,46-/m1/s1. The number of methoxy groups -OCH3 is 1. The van der Waals surface area contributed by atoms with E-state index in [1.54, 1.807) is 12.1 Å². The van der Waals surface area contributed by atoms with Gasteiger partial charge in [0.15, 0.2) is 12.0 Å². The second kappa shape index (κ2) is 19.0. The Labute approximate surface area is 395 Å². The fourth-order valence-corrected chi connectivity index (χ4v) is 10.9. The maximum Gasteiger partial charge on any atom is 0.335 e. The fourth-order valence-electron chi connectivity index (χ4n) is 9.20. The van der Waals surface area contributed by atoms with Crippen LogP contribution in [0.25, 0.3) is 0 Å². The molecule has 1 aliphatic carbocycles. The monoisotopic (exact) mass is 962 g/mol. The van der Waals surface area contributed by atoms with Crippen molar-refractivity contribution in [2.75, 3.05) is 13.7 Å². The summed E-state index contributed by atoms with van der Waals surface area (Å²) >= 11 is 33.3. The molecule has 10 nitrogen and oxygen atoms in total. The van der Waals surface area contributed by atoms with Crippen LogP contribution in [0.4, 0.5) is 0 Å². The summed E-state index contributed by atoms with van der Waals surface area (Å²) in [6.45, 7) is -0.513. The van der Waals surface area contributed by atoms with Gasteiger partial charge in [-0.05, 0) is 53.8 Å². The molecule has 0 amide bonds. The molecular formula is C49H43Cl5N2O8. The first-order chi connectivity index (χ1) is 31.0. The van der Waals surface area contributed by atoms with Gasteiger partial charge in [0.25, 0.3) is 5.56 Å². The van der Waals surface area contributed by atoms with Crippen molar-refractivity contribution in [1.82, 2.24) is 9.13 Å². The van der Waals surface area contributed by atoms with Gasteiger partial charge in [0, 0.05) is 51.3 Å². The number of hydrogen-bond donors (Lipinski definition) is 0. The van der Waals surface area contributed by atoms with Crippen molar-refractivity contribution >= 4 is 58.0 Å². The minimum Gasteiger partial charge on any atom is -0.497 e. The van der Waals surface area contributed by atoms with Crippen LogP contribution < -0.4 is 16.0 Å². The van der Waals surface area contributed by atoms with Crippen molar-refractivity contribution < 1.29 is 28.4 Å². The lowest BCUT2D eigenvalue weighted by Gasteiger charge is -2.37. The Hall–Kier alpha value is -4.17. The van der Waals surface area contributed by atoms with Gasteiger partial charge in [0.05, 0.1) is 23.8 Å². The first-order valence-electron chi connectivity index (χ1n) is 20.9. The number of ether oxygens (including phenoxy) is 6. The van der Waals surface area contributed by atoms with E-state index in [1.165, 1.54) is 36.1 Å². The quantitative estimate of drug-likeness (QED) is 0.106. The highest BCUT2D eigenvalue weighted by Gasteiger charge is 2.59. The van der Waals surface area contributed by atoms with Crippen LogP contribution in [0.3, 0.4) is 0 Å².